The average Bonchev–Trinajstić information content (AvgIpc) is 2.39. The third-order valence-electron chi connectivity index (χ3n) is 2.30. The van der Waals surface area contributed by atoms with Crippen LogP contribution in [0, 0.1) is 5.82 Å². The zero-order valence-electron chi connectivity index (χ0n) is 10.7. The van der Waals surface area contributed by atoms with Crippen LogP contribution in [0.4, 0.5) is 4.39 Å². The molecular formula is C13H17FO5. The van der Waals surface area contributed by atoms with Crippen LogP contribution in [0.3, 0.4) is 0 Å². The molecule has 6 heteroatoms. The zero-order chi connectivity index (χ0) is 14.1. The Balaban J connectivity index is 2.28. The first-order valence-corrected chi connectivity index (χ1v) is 5.87. The molecule has 0 aliphatic heterocycles. The smallest absolute Gasteiger partial charge is 0.335 e. The highest BCUT2D eigenvalue weighted by molar-refractivity contribution is 5.87. The van der Waals surface area contributed by atoms with Crippen molar-refractivity contribution in [2.24, 2.45) is 0 Å². The number of hydrogen-bond donors (Lipinski definition) is 1. The number of carboxylic acids is 1. The summed E-state index contributed by atoms with van der Waals surface area (Å²) in [7, 11) is 1.59. The summed E-state index contributed by atoms with van der Waals surface area (Å²) in [5, 5.41) is 8.68. The summed E-state index contributed by atoms with van der Waals surface area (Å²) < 4.78 is 28.7. The summed E-state index contributed by atoms with van der Waals surface area (Å²) in [6, 6.07) is 3.55. The van der Waals surface area contributed by atoms with Crippen molar-refractivity contribution in [3.05, 3.63) is 29.6 Å². The molecular weight excluding hydrogens is 255 g/mol. The Bertz CT molecular complexity index is 408. The van der Waals surface area contributed by atoms with Gasteiger partial charge in [-0.3, -0.25) is 0 Å². The van der Waals surface area contributed by atoms with E-state index in [0.29, 0.717) is 32.8 Å². The second kappa shape index (κ2) is 8.44. The van der Waals surface area contributed by atoms with Crippen molar-refractivity contribution >= 4 is 5.97 Å². The first kappa shape index (κ1) is 15.4. The van der Waals surface area contributed by atoms with E-state index in [9.17, 15) is 9.18 Å². The van der Waals surface area contributed by atoms with Gasteiger partial charge in [-0.15, -0.1) is 0 Å². The standard InChI is InChI=1S/C13H17FO5/c1-17-7-8-18-5-2-6-19-12-4-3-10(13(15)16)9-11(12)14/h3-4,9H,2,5-8H2,1H3,(H,15,16). The summed E-state index contributed by atoms with van der Waals surface area (Å²) in [5.74, 6) is -1.81. The molecule has 1 rings (SSSR count). The number of hydrogen-bond acceptors (Lipinski definition) is 4. The molecule has 0 amide bonds. The van der Waals surface area contributed by atoms with Crippen molar-refractivity contribution in [3.63, 3.8) is 0 Å². The molecule has 1 aromatic rings. The minimum Gasteiger partial charge on any atom is -0.490 e. The summed E-state index contributed by atoms with van der Waals surface area (Å²) in [6.07, 6.45) is 0.615. The predicted molar refractivity (Wildman–Crippen MR) is 66.2 cm³/mol. The van der Waals surface area contributed by atoms with E-state index in [4.69, 9.17) is 19.3 Å². The first-order valence-electron chi connectivity index (χ1n) is 5.87. The van der Waals surface area contributed by atoms with Crippen molar-refractivity contribution in [3.8, 4) is 5.75 Å². The predicted octanol–water partition coefficient (Wildman–Crippen LogP) is 1.96. The Morgan fingerprint density at radius 2 is 2.05 bits per heavy atom. The Morgan fingerprint density at radius 3 is 2.68 bits per heavy atom. The maximum atomic E-state index is 13.5. The van der Waals surface area contributed by atoms with E-state index in [1.54, 1.807) is 7.11 Å². The highest BCUT2D eigenvalue weighted by atomic mass is 19.1. The van der Waals surface area contributed by atoms with Gasteiger partial charge in [0.05, 0.1) is 25.4 Å². The fourth-order valence-electron chi connectivity index (χ4n) is 1.34. The van der Waals surface area contributed by atoms with Crippen molar-refractivity contribution in [1.29, 1.82) is 0 Å². The molecule has 0 aliphatic rings. The minimum atomic E-state index is -1.17. The SMILES string of the molecule is COCCOCCCOc1ccc(C(=O)O)cc1F. The van der Waals surface area contributed by atoms with Gasteiger partial charge in [0.1, 0.15) is 0 Å². The lowest BCUT2D eigenvalue weighted by Crippen LogP contribution is -2.07. The van der Waals surface area contributed by atoms with Crippen molar-refractivity contribution in [2.45, 2.75) is 6.42 Å². The van der Waals surface area contributed by atoms with Crippen LogP contribution in [0.25, 0.3) is 0 Å². The van der Waals surface area contributed by atoms with E-state index in [2.05, 4.69) is 0 Å². The highest BCUT2D eigenvalue weighted by Crippen LogP contribution is 2.18. The van der Waals surface area contributed by atoms with Crippen LogP contribution in [-0.2, 0) is 9.47 Å². The molecule has 0 atom stereocenters. The maximum Gasteiger partial charge on any atom is 0.335 e. The molecule has 0 heterocycles. The van der Waals surface area contributed by atoms with E-state index >= 15 is 0 Å². The van der Waals surface area contributed by atoms with Gasteiger partial charge in [0.2, 0.25) is 0 Å². The molecule has 0 bridgehead atoms. The van der Waals surface area contributed by atoms with Crippen LogP contribution >= 0.6 is 0 Å². The fourth-order valence-corrected chi connectivity index (χ4v) is 1.34. The van der Waals surface area contributed by atoms with Crippen LogP contribution in [0.2, 0.25) is 0 Å². The topological polar surface area (TPSA) is 65.0 Å². The highest BCUT2D eigenvalue weighted by Gasteiger charge is 2.08. The number of halogens is 1. The lowest BCUT2D eigenvalue weighted by molar-refractivity contribution is 0.0642. The second-order valence-electron chi connectivity index (χ2n) is 3.76. The van der Waals surface area contributed by atoms with Crippen LogP contribution in [-0.4, -0.2) is 44.6 Å². The summed E-state index contributed by atoms with van der Waals surface area (Å²) >= 11 is 0. The quantitative estimate of drug-likeness (QED) is 0.696. The summed E-state index contributed by atoms with van der Waals surface area (Å²) in [5.41, 5.74) is -0.104. The van der Waals surface area contributed by atoms with Gasteiger partial charge in [-0.25, -0.2) is 9.18 Å². The normalized spacial score (nSPS) is 10.4. The summed E-state index contributed by atoms with van der Waals surface area (Å²) in [6.45, 7) is 1.85. The maximum absolute atomic E-state index is 13.5. The molecule has 19 heavy (non-hydrogen) atoms. The molecule has 0 aromatic heterocycles. The van der Waals surface area contributed by atoms with Crippen molar-refractivity contribution < 1.29 is 28.5 Å². The molecule has 1 N–H and O–H groups in total. The van der Waals surface area contributed by atoms with Gasteiger partial charge in [0.25, 0.3) is 0 Å². The van der Waals surface area contributed by atoms with Crippen LogP contribution in [0.1, 0.15) is 16.8 Å². The Kier molecular flexibility index (Phi) is 6.84. The van der Waals surface area contributed by atoms with E-state index < -0.39 is 11.8 Å². The molecule has 0 fully saturated rings. The van der Waals surface area contributed by atoms with Gasteiger partial charge in [0.15, 0.2) is 11.6 Å². The van der Waals surface area contributed by atoms with Crippen LogP contribution in [0.5, 0.6) is 5.75 Å². The molecule has 0 spiro atoms. The van der Waals surface area contributed by atoms with E-state index in [1.807, 2.05) is 0 Å². The van der Waals surface area contributed by atoms with Crippen molar-refractivity contribution in [2.75, 3.05) is 33.5 Å². The van der Waals surface area contributed by atoms with E-state index in [1.165, 1.54) is 12.1 Å². The largest absolute Gasteiger partial charge is 0.490 e. The Morgan fingerprint density at radius 1 is 1.26 bits per heavy atom. The third-order valence-corrected chi connectivity index (χ3v) is 2.30. The monoisotopic (exact) mass is 272 g/mol. The number of rotatable bonds is 9. The Labute approximate surface area is 110 Å². The third kappa shape index (κ3) is 5.67. The molecule has 0 radical (unpaired) electrons. The van der Waals surface area contributed by atoms with Crippen molar-refractivity contribution in [1.82, 2.24) is 0 Å². The summed E-state index contributed by atoms with van der Waals surface area (Å²) in [4.78, 5) is 10.6. The average molecular weight is 272 g/mol. The molecule has 0 saturated carbocycles. The van der Waals surface area contributed by atoms with Crippen LogP contribution in [0.15, 0.2) is 18.2 Å². The molecule has 0 saturated heterocycles. The fraction of sp³-hybridized carbons (Fsp3) is 0.462. The van der Waals surface area contributed by atoms with Crippen LogP contribution < -0.4 is 4.74 Å². The molecule has 0 unspecified atom stereocenters. The minimum absolute atomic E-state index is 0.0434. The van der Waals surface area contributed by atoms with Gasteiger partial charge in [0, 0.05) is 20.1 Å². The Hall–Kier alpha value is -1.66. The van der Waals surface area contributed by atoms with Gasteiger partial charge in [-0.1, -0.05) is 0 Å². The molecule has 0 aliphatic carbocycles. The van der Waals surface area contributed by atoms with Gasteiger partial charge >= 0.3 is 5.97 Å². The first-order chi connectivity index (χ1) is 9.15. The van der Waals surface area contributed by atoms with Gasteiger partial charge < -0.3 is 19.3 Å². The molecule has 5 nitrogen and oxygen atoms in total. The number of ether oxygens (including phenoxy) is 3. The lowest BCUT2D eigenvalue weighted by Gasteiger charge is -2.08. The molecule has 1 aromatic carbocycles. The van der Waals surface area contributed by atoms with Gasteiger partial charge in [-0.2, -0.15) is 0 Å². The number of aromatic carboxylic acids is 1. The molecule has 106 valence electrons. The zero-order valence-corrected chi connectivity index (χ0v) is 10.7. The lowest BCUT2D eigenvalue weighted by atomic mass is 10.2. The second-order valence-corrected chi connectivity index (χ2v) is 3.76. The number of methoxy groups -OCH3 is 1. The number of benzene rings is 1. The number of carbonyl (C=O) groups is 1. The number of carboxylic acid groups (broad SMARTS) is 1. The van der Waals surface area contributed by atoms with E-state index in [-0.39, 0.29) is 11.3 Å². The van der Waals surface area contributed by atoms with E-state index in [0.717, 1.165) is 6.07 Å². The van der Waals surface area contributed by atoms with Gasteiger partial charge in [-0.05, 0) is 18.2 Å².